The summed E-state index contributed by atoms with van der Waals surface area (Å²) in [5, 5.41) is 12.3. The molecule has 5 nitrogen and oxygen atoms in total. The molecule has 0 aliphatic carbocycles. The Labute approximate surface area is 117 Å². The molecule has 1 atom stereocenters. The third-order valence-corrected chi connectivity index (χ3v) is 2.97. The third kappa shape index (κ3) is 3.39. The highest BCUT2D eigenvalue weighted by Crippen LogP contribution is 2.18. The summed E-state index contributed by atoms with van der Waals surface area (Å²) < 4.78 is 10.5. The summed E-state index contributed by atoms with van der Waals surface area (Å²) in [6, 6.07) is 9.84. The molecule has 0 saturated heterocycles. The zero-order chi connectivity index (χ0) is 14.5. The van der Waals surface area contributed by atoms with Crippen LogP contribution in [0.4, 0.5) is 0 Å². The molecule has 1 aromatic carbocycles. The highest BCUT2D eigenvalue weighted by atomic mass is 16.5. The van der Waals surface area contributed by atoms with E-state index < -0.39 is 12.0 Å². The quantitative estimate of drug-likeness (QED) is 0.847. The average molecular weight is 275 g/mol. The fourth-order valence-electron chi connectivity index (χ4n) is 1.93. The zero-order valence-electron chi connectivity index (χ0n) is 11.4. The van der Waals surface area contributed by atoms with Crippen LogP contribution in [0.5, 0.6) is 5.75 Å². The lowest BCUT2D eigenvalue weighted by molar-refractivity contribution is -0.139. The number of rotatable bonds is 6. The van der Waals surface area contributed by atoms with Gasteiger partial charge in [0.15, 0.2) is 0 Å². The van der Waals surface area contributed by atoms with Gasteiger partial charge in [-0.2, -0.15) is 0 Å². The normalized spacial score (nSPS) is 12.1. The van der Waals surface area contributed by atoms with Crippen LogP contribution in [0.2, 0.25) is 0 Å². The van der Waals surface area contributed by atoms with Gasteiger partial charge in [0, 0.05) is 0 Å². The van der Waals surface area contributed by atoms with Crippen molar-refractivity contribution in [1.82, 2.24) is 5.32 Å². The number of aryl methyl sites for hydroxylation is 1. The van der Waals surface area contributed by atoms with E-state index in [1.165, 1.54) is 0 Å². The summed E-state index contributed by atoms with van der Waals surface area (Å²) in [6.45, 7) is 2.21. The van der Waals surface area contributed by atoms with Gasteiger partial charge < -0.3 is 14.3 Å². The lowest BCUT2D eigenvalue weighted by atomic mass is 10.1. The van der Waals surface area contributed by atoms with Crippen molar-refractivity contribution in [3.63, 3.8) is 0 Å². The SMILES string of the molecule is COc1ccc(C(NCc2ccc(C)o2)C(=O)O)cc1. The van der Waals surface area contributed by atoms with E-state index in [0.29, 0.717) is 23.6 Å². The molecule has 0 fully saturated rings. The van der Waals surface area contributed by atoms with Gasteiger partial charge in [0.25, 0.3) is 0 Å². The first-order chi connectivity index (χ1) is 9.60. The Morgan fingerprint density at radius 1 is 1.30 bits per heavy atom. The first-order valence-electron chi connectivity index (χ1n) is 6.25. The van der Waals surface area contributed by atoms with Gasteiger partial charge in [-0.25, -0.2) is 0 Å². The Bertz CT molecular complexity index is 574. The van der Waals surface area contributed by atoms with Crippen molar-refractivity contribution in [3.8, 4) is 5.75 Å². The van der Waals surface area contributed by atoms with Crippen LogP contribution in [-0.2, 0) is 11.3 Å². The van der Waals surface area contributed by atoms with E-state index in [0.717, 1.165) is 5.76 Å². The van der Waals surface area contributed by atoms with Gasteiger partial charge in [-0.05, 0) is 36.8 Å². The summed E-state index contributed by atoms with van der Waals surface area (Å²) in [4.78, 5) is 11.4. The Kier molecular flexibility index (Phi) is 4.42. The number of nitrogens with one attached hydrogen (secondary N) is 1. The Morgan fingerprint density at radius 3 is 2.50 bits per heavy atom. The maximum Gasteiger partial charge on any atom is 0.325 e. The van der Waals surface area contributed by atoms with E-state index in [1.54, 1.807) is 31.4 Å². The van der Waals surface area contributed by atoms with Gasteiger partial charge in [0.2, 0.25) is 0 Å². The topological polar surface area (TPSA) is 71.7 Å². The van der Waals surface area contributed by atoms with Crippen molar-refractivity contribution >= 4 is 5.97 Å². The molecular weight excluding hydrogens is 258 g/mol. The van der Waals surface area contributed by atoms with Gasteiger partial charge in [-0.15, -0.1) is 0 Å². The minimum absolute atomic E-state index is 0.358. The molecule has 106 valence electrons. The molecule has 0 saturated carbocycles. The smallest absolute Gasteiger partial charge is 0.325 e. The lowest BCUT2D eigenvalue weighted by Crippen LogP contribution is -2.27. The molecule has 0 aliphatic heterocycles. The first kappa shape index (κ1) is 14.1. The first-order valence-corrected chi connectivity index (χ1v) is 6.25. The maximum atomic E-state index is 11.4. The molecule has 2 rings (SSSR count). The number of carboxylic acid groups (broad SMARTS) is 1. The summed E-state index contributed by atoms with van der Waals surface area (Å²) in [5.74, 6) is 1.28. The number of aliphatic carboxylic acids is 1. The highest BCUT2D eigenvalue weighted by Gasteiger charge is 2.19. The number of ether oxygens (including phenoxy) is 1. The third-order valence-electron chi connectivity index (χ3n) is 2.97. The number of benzene rings is 1. The lowest BCUT2D eigenvalue weighted by Gasteiger charge is -2.14. The molecular formula is C15H17NO4. The standard InChI is InChI=1S/C15H17NO4/c1-10-3-6-13(20-10)9-16-14(15(17)18)11-4-7-12(19-2)8-5-11/h3-8,14,16H,9H2,1-2H3,(H,17,18). The molecule has 20 heavy (non-hydrogen) atoms. The Hall–Kier alpha value is -2.27. The molecule has 2 N–H and O–H groups in total. The molecule has 1 unspecified atom stereocenters. The summed E-state index contributed by atoms with van der Waals surface area (Å²) in [7, 11) is 1.57. The number of furan rings is 1. The molecule has 2 aromatic rings. The molecule has 5 heteroatoms. The van der Waals surface area contributed by atoms with Gasteiger partial charge in [0.05, 0.1) is 13.7 Å². The summed E-state index contributed by atoms with van der Waals surface area (Å²) in [6.07, 6.45) is 0. The largest absolute Gasteiger partial charge is 0.497 e. The second-order valence-electron chi connectivity index (χ2n) is 4.44. The average Bonchev–Trinajstić information content (AvgIpc) is 2.85. The molecule has 0 bridgehead atoms. The fraction of sp³-hybridized carbons (Fsp3) is 0.267. The van der Waals surface area contributed by atoms with Crippen molar-refractivity contribution in [3.05, 3.63) is 53.5 Å². The predicted octanol–water partition coefficient (Wildman–Crippen LogP) is 2.51. The second-order valence-corrected chi connectivity index (χ2v) is 4.44. The number of methoxy groups -OCH3 is 1. The van der Waals surface area contributed by atoms with Crippen molar-refractivity contribution in [2.75, 3.05) is 7.11 Å². The van der Waals surface area contributed by atoms with Crippen LogP contribution in [0.1, 0.15) is 23.1 Å². The molecule has 1 aromatic heterocycles. The van der Waals surface area contributed by atoms with Gasteiger partial charge in [-0.3, -0.25) is 10.1 Å². The minimum atomic E-state index is -0.932. The zero-order valence-corrected chi connectivity index (χ0v) is 11.4. The Balaban J connectivity index is 2.08. The van der Waals surface area contributed by atoms with E-state index in [4.69, 9.17) is 9.15 Å². The highest BCUT2D eigenvalue weighted by molar-refractivity contribution is 5.75. The predicted molar refractivity (Wildman–Crippen MR) is 73.7 cm³/mol. The maximum absolute atomic E-state index is 11.4. The van der Waals surface area contributed by atoms with Crippen LogP contribution >= 0.6 is 0 Å². The van der Waals surface area contributed by atoms with Crippen molar-refractivity contribution in [2.45, 2.75) is 19.5 Å². The summed E-state index contributed by atoms with van der Waals surface area (Å²) in [5.41, 5.74) is 0.668. The van der Waals surface area contributed by atoms with Crippen LogP contribution < -0.4 is 10.1 Å². The van der Waals surface area contributed by atoms with Crippen molar-refractivity contribution < 1.29 is 19.1 Å². The second kappa shape index (κ2) is 6.25. The fourth-order valence-corrected chi connectivity index (χ4v) is 1.93. The van der Waals surface area contributed by atoms with Crippen molar-refractivity contribution in [1.29, 1.82) is 0 Å². The molecule has 1 heterocycles. The van der Waals surface area contributed by atoms with Gasteiger partial charge >= 0.3 is 5.97 Å². The van der Waals surface area contributed by atoms with Crippen LogP contribution in [0.3, 0.4) is 0 Å². The monoisotopic (exact) mass is 275 g/mol. The summed E-state index contributed by atoms with van der Waals surface area (Å²) >= 11 is 0. The van der Waals surface area contributed by atoms with E-state index in [2.05, 4.69) is 5.32 Å². The van der Waals surface area contributed by atoms with E-state index in [-0.39, 0.29) is 0 Å². The molecule has 0 amide bonds. The number of hydrogen-bond donors (Lipinski definition) is 2. The van der Waals surface area contributed by atoms with E-state index in [9.17, 15) is 9.90 Å². The number of carbonyl (C=O) groups is 1. The van der Waals surface area contributed by atoms with E-state index >= 15 is 0 Å². The molecule has 0 aliphatic rings. The van der Waals surface area contributed by atoms with Crippen LogP contribution in [-0.4, -0.2) is 18.2 Å². The molecule has 0 radical (unpaired) electrons. The number of hydrogen-bond acceptors (Lipinski definition) is 4. The molecule has 0 spiro atoms. The van der Waals surface area contributed by atoms with Gasteiger partial charge in [-0.1, -0.05) is 12.1 Å². The van der Waals surface area contributed by atoms with Crippen LogP contribution in [0.15, 0.2) is 40.8 Å². The Morgan fingerprint density at radius 2 is 2.00 bits per heavy atom. The number of carboxylic acids is 1. The van der Waals surface area contributed by atoms with Crippen molar-refractivity contribution in [2.24, 2.45) is 0 Å². The van der Waals surface area contributed by atoms with Crippen LogP contribution in [0, 0.1) is 6.92 Å². The van der Waals surface area contributed by atoms with E-state index in [1.807, 2.05) is 19.1 Å². The van der Waals surface area contributed by atoms with Crippen LogP contribution in [0.25, 0.3) is 0 Å². The van der Waals surface area contributed by atoms with Gasteiger partial charge in [0.1, 0.15) is 23.3 Å². The minimum Gasteiger partial charge on any atom is -0.497 e.